The Labute approximate surface area is 102 Å². The van der Waals surface area contributed by atoms with Crippen molar-refractivity contribution in [1.29, 1.82) is 0 Å². The smallest absolute Gasteiger partial charge is 0.115 e. The monoisotopic (exact) mass is 230 g/mol. The van der Waals surface area contributed by atoms with E-state index in [2.05, 4.69) is 30.3 Å². The van der Waals surface area contributed by atoms with Gasteiger partial charge in [0.05, 0.1) is 6.04 Å². The van der Waals surface area contributed by atoms with Gasteiger partial charge in [0.1, 0.15) is 11.6 Å². The van der Waals surface area contributed by atoms with E-state index in [-0.39, 0.29) is 6.04 Å². The van der Waals surface area contributed by atoms with Crippen molar-refractivity contribution in [1.82, 2.24) is 9.55 Å². The van der Waals surface area contributed by atoms with E-state index in [0.29, 0.717) is 11.7 Å². The van der Waals surface area contributed by atoms with Gasteiger partial charge in [0.15, 0.2) is 0 Å². The van der Waals surface area contributed by atoms with Gasteiger partial charge in [-0.05, 0) is 24.6 Å². The van der Waals surface area contributed by atoms with E-state index in [1.54, 1.807) is 12.1 Å². The van der Waals surface area contributed by atoms with Crippen molar-refractivity contribution >= 4 is 0 Å². The van der Waals surface area contributed by atoms with Crippen molar-refractivity contribution in [3.05, 3.63) is 48.0 Å². The minimum Gasteiger partial charge on any atom is -0.508 e. The van der Waals surface area contributed by atoms with E-state index in [1.807, 2.05) is 24.5 Å². The van der Waals surface area contributed by atoms with Crippen LogP contribution in [0.25, 0.3) is 0 Å². The third kappa shape index (κ3) is 2.33. The second-order valence-electron chi connectivity index (χ2n) is 4.61. The average Bonchev–Trinajstić information content (AvgIpc) is 2.78. The molecule has 90 valence electrons. The fourth-order valence-electron chi connectivity index (χ4n) is 2.01. The van der Waals surface area contributed by atoms with Crippen molar-refractivity contribution < 1.29 is 5.11 Å². The van der Waals surface area contributed by atoms with Gasteiger partial charge in [-0.25, -0.2) is 4.98 Å². The van der Waals surface area contributed by atoms with Crippen molar-refractivity contribution in [3.63, 3.8) is 0 Å². The molecule has 0 spiro atoms. The molecule has 0 aliphatic heterocycles. The van der Waals surface area contributed by atoms with Crippen molar-refractivity contribution in [2.75, 3.05) is 0 Å². The molecule has 3 nitrogen and oxygen atoms in total. The highest BCUT2D eigenvalue weighted by Gasteiger charge is 2.13. The zero-order valence-corrected chi connectivity index (χ0v) is 10.5. The van der Waals surface area contributed by atoms with E-state index in [1.165, 1.54) is 5.56 Å². The summed E-state index contributed by atoms with van der Waals surface area (Å²) in [6.45, 7) is 6.42. The van der Waals surface area contributed by atoms with Crippen LogP contribution in [0.5, 0.6) is 5.75 Å². The molecule has 0 aliphatic carbocycles. The molecule has 0 amide bonds. The van der Waals surface area contributed by atoms with Gasteiger partial charge in [-0.2, -0.15) is 0 Å². The van der Waals surface area contributed by atoms with Crippen LogP contribution in [0.15, 0.2) is 36.7 Å². The Morgan fingerprint density at radius 3 is 2.35 bits per heavy atom. The number of imidazole rings is 1. The molecule has 17 heavy (non-hydrogen) atoms. The van der Waals surface area contributed by atoms with Gasteiger partial charge < -0.3 is 9.67 Å². The molecule has 3 heteroatoms. The van der Waals surface area contributed by atoms with Gasteiger partial charge in [-0.1, -0.05) is 26.0 Å². The number of benzene rings is 1. The molecule has 0 bridgehead atoms. The van der Waals surface area contributed by atoms with Crippen LogP contribution < -0.4 is 0 Å². The summed E-state index contributed by atoms with van der Waals surface area (Å²) in [6.07, 6.45) is 3.85. The van der Waals surface area contributed by atoms with Gasteiger partial charge in [-0.15, -0.1) is 0 Å². The van der Waals surface area contributed by atoms with Gasteiger partial charge in [0, 0.05) is 18.3 Å². The van der Waals surface area contributed by atoms with Crippen LogP contribution in [0.2, 0.25) is 0 Å². The number of phenolic OH excluding ortho intramolecular Hbond substituents is 1. The molecule has 2 aromatic rings. The minimum atomic E-state index is 0.232. The van der Waals surface area contributed by atoms with Crippen molar-refractivity contribution in [3.8, 4) is 5.75 Å². The Morgan fingerprint density at radius 1 is 1.12 bits per heavy atom. The first-order chi connectivity index (χ1) is 8.09. The number of aromatic hydroxyl groups is 1. The molecule has 2 rings (SSSR count). The van der Waals surface area contributed by atoms with Gasteiger partial charge in [-0.3, -0.25) is 0 Å². The number of nitrogens with zero attached hydrogens (tertiary/aromatic N) is 2. The molecule has 1 atom stereocenters. The molecule has 1 unspecified atom stereocenters. The fraction of sp³-hybridized carbons (Fsp3) is 0.357. The third-order valence-electron chi connectivity index (χ3n) is 3.01. The lowest BCUT2D eigenvalue weighted by atomic mass is 10.1. The number of phenols is 1. The standard InChI is InChI=1S/C14H18N2O/c1-10(2)14-15-8-9-16(14)11(3)12-4-6-13(17)7-5-12/h4-11,17H,1-3H3. The van der Waals surface area contributed by atoms with Crippen molar-refractivity contribution in [2.45, 2.75) is 32.7 Å². The zero-order valence-electron chi connectivity index (χ0n) is 10.5. The predicted octanol–water partition coefficient (Wildman–Crippen LogP) is 3.32. The molecule has 1 aromatic carbocycles. The number of rotatable bonds is 3. The van der Waals surface area contributed by atoms with Crippen molar-refractivity contribution in [2.24, 2.45) is 0 Å². The van der Waals surface area contributed by atoms with Gasteiger partial charge in [0.25, 0.3) is 0 Å². The minimum absolute atomic E-state index is 0.232. The molecule has 0 fully saturated rings. The number of hydrogen-bond acceptors (Lipinski definition) is 2. The topological polar surface area (TPSA) is 38.0 Å². The van der Waals surface area contributed by atoms with Crippen LogP contribution in [0.1, 0.15) is 44.1 Å². The Morgan fingerprint density at radius 2 is 1.76 bits per heavy atom. The van der Waals surface area contributed by atoms with Crippen LogP contribution >= 0.6 is 0 Å². The molecule has 1 N–H and O–H groups in total. The summed E-state index contributed by atoms with van der Waals surface area (Å²) in [5.74, 6) is 1.80. The SMILES string of the molecule is CC(C)c1nccn1C(C)c1ccc(O)cc1. The second kappa shape index (κ2) is 4.62. The molecule has 0 radical (unpaired) electrons. The highest BCUT2D eigenvalue weighted by atomic mass is 16.3. The predicted molar refractivity (Wildman–Crippen MR) is 68.2 cm³/mol. The Kier molecular flexibility index (Phi) is 3.18. The third-order valence-corrected chi connectivity index (χ3v) is 3.01. The van der Waals surface area contributed by atoms with E-state index in [4.69, 9.17) is 0 Å². The lowest BCUT2D eigenvalue weighted by molar-refractivity contribution is 0.474. The van der Waals surface area contributed by atoms with E-state index in [0.717, 1.165) is 5.82 Å². The van der Waals surface area contributed by atoms with Crippen LogP contribution in [-0.4, -0.2) is 14.7 Å². The maximum atomic E-state index is 9.29. The summed E-state index contributed by atoms with van der Waals surface area (Å²) < 4.78 is 2.18. The molecule has 0 aliphatic rings. The normalized spacial score (nSPS) is 12.9. The summed E-state index contributed by atoms with van der Waals surface area (Å²) in [4.78, 5) is 4.39. The quantitative estimate of drug-likeness (QED) is 0.878. The molecular weight excluding hydrogens is 212 g/mol. The molecule has 1 heterocycles. The van der Waals surface area contributed by atoms with Gasteiger partial charge >= 0.3 is 0 Å². The summed E-state index contributed by atoms with van der Waals surface area (Å²) >= 11 is 0. The van der Waals surface area contributed by atoms with Crippen LogP contribution in [0, 0.1) is 0 Å². The Hall–Kier alpha value is -1.77. The maximum absolute atomic E-state index is 9.29. The van der Waals surface area contributed by atoms with Crippen LogP contribution in [0.4, 0.5) is 0 Å². The average molecular weight is 230 g/mol. The largest absolute Gasteiger partial charge is 0.508 e. The van der Waals surface area contributed by atoms with E-state index >= 15 is 0 Å². The highest BCUT2D eigenvalue weighted by molar-refractivity contribution is 5.28. The Balaban J connectivity index is 2.33. The van der Waals surface area contributed by atoms with Crippen LogP contribution in [0.3, 0.4) is 0 Å². The van der Waals surface area contributed by atoms with E-state index < -0.39 is 0 Å². The molecular formula is C14H18N2O. The summed E-state index contributed by atoms with van der Waals surface area (Å²) in [6, 6.07) is 7.57. The fourth-order valence-corrected chi connectivity index (χ4v) is 2.01. The molecule has 0 saturated carbocycles. The first-order valence-corrected chi connectivity index (χ1v) is 5.91. The van der Waals surface area contributed by atoms with Gasteiger partial charge in [0.2, 0.25) is 0 Å². The summed E-state index contributed by atoms with van der Waals surface area (Å²) in [5, 5.41) is 9.29. The number of aromatic nitrogens is 2. The number of hydrogen-bond donors (Lipinski definition) is 1. The molecule has 1 aromatic heterocycles. The first kappa shape index (κ1) is 11.7. The zero-order chi connectivity index (χ0) is 12.4. The summed E-state index contributed by atoms with van der Waals surface area (Å²) in [7, 11) is 0. The summed E-state index contributed by atoms with van der Waals surface area (Å²) in [5.41, 5.74) is 1.17. The van der Waals surface area contributed by atoms with Crippen LogP contribution in [-0.2, 0) is 0 Å². The lowest BCUT2D eigenvalue weighted by Gasteiger charge is -2.18. The maximum Gasteiger partial charge on any atom is 0.115 e. The van der Waals surface area contributed by atoms with E-state index in [9.17, 15) is 5.11 Å². The Bertz CT molecular complexity index is 485. The lowest BCUT2D eigenvalue weighted by Crippen LogP contribution is -2.10. The second-order valence-corrected chi connectivity index (χ2v) is 4.61. The molecule has 0 saturated heterocycles. The highest BCUT2D eigenvalue weighted by Crippen LogP contribution is 2.24. The first-order valence-electron chi connectivity index (χ1n) is 5.91.